The van der Waals surface area contributed by atoms with Crippen LogP contribution < -0.4 is 10.2 Å². The average molecular weight is 403 g/mol. The Bertz CT molecular complexity index is 882. The largest absolute Gasteiger partial charge is 0.385 e. The molecule has 28 heavy (non-hydrogen) atoms. The van der Waals surface area contributed by atoms with Crippen molar-refractivity contribution in [3.05, 3.63) is 34.5 Å². The molecule has 3 heterocycles. The molecule has 150 valence electrons. The SMILES string of the molecule is COCCC[C@H]1CN(c2c(C)sc3c2C=Nc2ccc(F)cc2N3)CCN1C. The van der Waals surface area contributed by atoms with Gasteiger partial charge < -0.3 is 15.0 Å². The molecule has 0 aliphatic carbocycles. The Morgan fingerprint density at radius 1 is 1.36 bits per heavy atom. The predicted molar refractivity (Wildman–Crippen MR) is 116 cm³/mol. The lowest BCUT2D eigenvalue weighted by molar-refractivity contribution is 0.162. The minimum atomic E-state index is -0.253. The molecule has 1 N–H and O–H groups in total. The highest BCUT2D eigenvalue weighted by atomic mass is 32.1. The van der Waals surface area contributed by atoms with Gasteiger partial charge in [-0.3, -0.25) is 9.89 Å². The van der Waals surface area contributed by atoms with E-state index in [0.717, 1.165) is 61.0 Å². The fourth-order valence-corrected chi connectivity index (χ4v) is 5.12. The van der Waals surface area contributed by atoms with Crippen molar-refractivity contribution in [2.45, 2.75) is 25.8 Å². The summed E-state index contributed by atoms with van der Waals surface area (Å²) < 4.78 is 18.9. The number of hydrogen-bond donors (Lipinski definition) is 1. The first kappa shape index (κ1) is 19.4. The van der Waals surface area contributed by atoms with E-state index in [0.29, 0.717) is 6.04 Å². The number of anilines is 3. The molecule has 0 unspecified atom stereocenters. The van der Waals surface area contributed by atoms with E-state index in [4.69, 9.17) is 4.74 Å². The second-order valence-corrected chi connectivity index (χ2v) is 8.73. The molecule has 5 nitrogen and oxygen atoms in total. The Hall–Kier alpha value is -1.96. The maximum atomic E-state index is 13.7. The van der Waals surface area contributed by atoms with Crippen molar-refractivity contribution in [2.75, 3.05) is 50.6 Å². The topological polar surface area (TPSA) is 40.1 Å². The number of thiophene rings is 1. The molecule has 2 aliphatic rings. The van der Waals surface area contributed by atoms with Gasteiger partial charge in [-0.2, -0.15) is 0 Å². The van der Waals surface area contributed by atoms with Crippen LogP contribution in [0.3, 0.4) is 0 Å². The van der Waals surface area contributed by atoms with Gasteiger partial charge in [0.05, 0.1) is 22.6 Å². The van der Waals surface area contributed by atoms with Crippen LogP contribution in [0.2, 0.25) is 0 Å². The lowest BCUT2D eigenvalue weighted by Crippen LogP contribution is -2.51. The number of fused-ring (bicyclic) bond motifs is 2. The van der Waals surface area contributed by atoms with Gasteiger partial charge in [0, 0.05) is 50.5 Å². The fourth-order valence-electron chi connectivity index (χ4n) is 4.06. The van der Waals surface area contributed by atoms with Crippen LogP contribution in [0.25, 0.3) is 0 Å². The van der Waals surface area contributed by atoms with E-state index in [-0.39, 0.29) is 5.82 Å². The summed E-state index contributed by atoms with van der Waals surface area (Å²) in [5.74, 6) is -0.253. The summed E-state index contributed by atoms with van der Waals surface area (Å²) >= 11 is 1.72. The van der Waals surface area contributed by atoms with Crippen LogP contribution in [-0.2, 0) is 4.74 Å². The van der Waals surface area contributed by atoms with Crippen molar-refractivity contribution < 1.29 is 9.13 Å². The summed E-state index contributed by atoms with van der Waals surface area (Å²) in [5, 5.41) is 4.44. The molecule has 7 heteroatoms. The van der Waals surface area contributed by atoms with E-state index in [2.05, 4.69) is 34.1 Å². The number of halogens is 1. The van der Waals surface area contributed by atoms with Gasteiger partial charge in [-0.25, -0.2) is 4.39 Å². The first-order valence-electron chi connectivity index (χ1n) is 9.75. The molecule has 0 spiro atoms. The third kappa shape index (κ3) is 3.79. The van der Waals surface area contributed by atoms with Crippen molar-refractivity contribution in [1.82, 2.24) is 4.90 Å². The fraction of sp³-hybridized carbons (Fsp3) is 0.476. The molecule has 4 rings (SSSR count). The number of methoxy groups -OCH3 is 1. The summed E-state index contributed by atoms with van der Waals surface area (Å²) in [6.07, 6.45) is 4.14. The number of ether oxygens (including phenoxy) is 1. The summed E-state index contributed by atoms with van der Waals surface area (Å²) in [5.41, 5.74) is 3.86. The zero-order chi connectivity index (χ0) is 19.7. The molecule has 0 saturated carbocycles. The van der Waals surface area contributed by atoms with Gasteiger partial charge >= 0.3 is 0 Å². The Balaban J connectivity index is 1.60. The molecule has 1 aromatic heterocycles. The van der Waals surface area contributed by atoms with Gasteiger partial charge in [-0.05, 0) is 45.0 Å². The Morgan fingerprint density at radius 2 is 2.21 bits per heavy atom. The van der Waals surface area contributed by atoms with E-state index >= 15 is 0 Å². The molecule has 0 radical (unpaired) electrons. The molecular weight excluding hydrogens is 375 g/mol. The summed E-state index contributed by atoms with van der Waals surface area (Å²) in [7, 11) is 3.97. The van der Waals surface area contributed by atoms with Crippen LogP contribution in [0.4, 0.5) is 26.5 Å². The number of hydrogen-bond acceptors (Lipinski definition) is 6. The van der Waals surface area contributed by atoms with Crippen molar-refractivity contribution in [3.8, 4) is 0 Å². The third-order valence-electron chi connectivity index (χ3n) is 5.61. The number of piperazine rings is 1. The molecule has 1 aromatic carbocycles. The van der Waals surface area contributed by atoms with Crippen LogP contribution in [0.1, 0.15) is 23.3 Å². The number of benzene rings is 1. The molecule has 0 amide bonds. The van der Waals surface area contributed by atoms with Gasteiger partial charge in [0.25, 0.3) is 0 Å². The molecule has 1 fully saturated rings. The molecule has 1 saturated heterocycles. The molecule has 2 aromatic rings. The minimum Gasteiger partial charge on any atom is -0.385 e. The quantitative estimate of drug-likeness (QED) is 0.636. The number of rotatable bonds is 5. The predicted octanol–water partition coefficient (Wildman–Crippen LogP) is 4.55. The smallest absolute Gasteiger partial charge is 0.125 e. The van der Waals surface area contributed by atoms with Crippen LogP contribution in [0.15, 0.2) is 23.2 Å². The minimum absolute atomic E-state index is 0.253. The number of nitrogens with one attached hydrogen (secondary N) is 1. The third-order valence-corrected chi connectivity index (χ3v) is 6.63. The summed E-state index contributed by atoms with van der Waals surface area (Å²) in [4.78, 5) is 10.8. The van der Waals surface area contributed by atoms with Crippen LogP contribution in [-0.4, -0.2) is 57.6 Å². The van der Waals surface area contributed by atoms with Crippen molar-refractivity contribution in [2.24, 2.45) is 4.99 Å². The monoisotopic (exact) mass is 402 g/mol. The van der Waals surface area contributed by atoms with E-state index in [1.165, 1.54) is 22.7 Å². The van der Waals surface area contributed by atoms with Gasteiger partial charge in [0.1, 0.15) is 10.8 Å². The molecule has 2 aliphatic heterocycles. The van der Waals surface area contributed by atoms with Crippen molar-refractivity contribution in [3.63, 3.8) is 0 Å². The summed E-state index contributed by atoms with van der Waals surface area (Å²) in [6, 6.07) is 5.20. The van der Waals surface area contributed by atoms with Crippen molar-refractivity contribution >= 4 is 39.6 Å². The summed E-state index contributed by atoms with van der Waals surface area (Å²) in [6.45, 7) is 6.01. The molecule has 1 atom stereocenters. The molecule has 0 bridgehead atoms. The number of aliphatic imine (C=N–C) groups is 1. The van der Waals surface area contributed by atoms with Gasteiger partial charge in [0.15, 0.2) is 0 Å². The second kappa shape index (κ2) is 8.19. The zero-order valence-corrected chi connectivity index (χ0v) is 17.5. The lowest BCUT2D eigenvalue weighted by Gasteiger charge is -2.41. The Labute approximate surface area is 169 Å². The van der Waals surface area contributed by atoms with E-state index in [1.807, 2.05) is 6.21 Å². The average Bonchev–Trinajstić information content (AvgIpc) is 2.87. The van der Waals surface area contributed by atoms with Gasteiger partial charge in [-0.15, -0.1) is 11.3 Å². The zero-order valence-electron chi connectivity index (χ0n) is 16.7. The van der Waals surface area contributed by atoms with Gasteiger partial charge in [0.2, 0.25) is 0 Å². The van der Waals surface area contributed by atoms with Crippen LogP contribution >= 0.6 is 11.3 Å². The highest BCUT2D eigenvalue weighted by Gasteiger charge is 2.29. The maximum absolute atomic E-state index is 13.7. The Kier molecular flexibility index (Phi) is 5.66. The molecular formula is C21H27FN4OS. The van der Waals surface area contributed by atoms with E-state index < -0.39 is 0 Å². The van der Waals surface area contributed by atoms with Crippen molar-refractivity contribution in [1.29, 1.82) is 0 Å². The first-order chi connectivity index (χ1) is 13.6. The highest BCUT2D eigenvalue weighted by molar-refractivity contribution is 7.17. The standard InChI is InChI=1S/C21H27FN4OS/c1-14-20(26-9-8-25(2)16(13-26)5-4-10-27-3)17-12-23-18-7-6-15(22)11-19(18)24-21(17)28-14/h6-7,11-12,16,24H,4-5,8-10,13H2,1-3H3/t16-/m0/s1. The van der Waals surface area contributed by atoms with Crippen LogP contribution in [0.5, 0.6) is 0 Å². The normalized spacial score (nSPS) is 19.1. The maximum Gasteiger partial charge on any atom is 0.125 e. The number of aryl methyl sites for hydroxylation is 1. The number of nitrogens with zero attached hydrogens (tertiary/aromatic N) is 3. The second-order valence-electron chi connectivity index (χ2n) is 7.51. The highest BCUT2D eigenvalue weighted by Crippen LogP contribution is 2.44. The van der Waals surface area contributed by atoms with Crippen LogP contribution in [0, 0.1) is 12.7 Å². The lowest BCUT2D eigenvalue weighted by atomic mass is 10.1. The van der Waals surface area contributed by atoms with E-state index in [9.17, 15) is 4.39 Å². The first-order valence-corrected chi connectivity index (χ1v) is 10.6. The Morgan fingerprint density at radius 3 is 3.04 bits per heavy atom. The van der Waals surface area contributed by atoms with E-state index in [1.54, 1.807) is 24.5 Å². The number of likely N-dealkylation sites (N-methyl/N-ethyl adjacent to an activating group) is 1. The van der Waals surface area contributed by atoms with Gasteiger partial charge in [-0.1, -0.05) is 0 Å².